The Morgan fingerprint density at radius 3 is 1.29 bits per heavy atom. The van der Waals surface area contributed by atoms with E-state index in [9.17, 15) is 0 Å². The zero-order valence-corrected chi connectivity index (χ0v) is 8.77. The van der Waals surface area contributed by atoms with Crippen LogP contribution < -0.4 is 52.2 Å². The van der Waals surface area contributed by atoms with E-state index in [0.29, 0.717) is 0 Å². The van der Waals surface area contributed by atoms with Gasteiger partial charge in [0.1, 0.15) is 0 Å². The normalized spacial score (nSPS) is 3.43. The van der Waals surface area contributed by atoms with E-state index in [1.165, 1.54) is 0 Å². The quantitative estimate of drug-likeness (QED) is 0.329. The fourth-order valence-electron chi connectivity index (χ4n) is 0. The van der Waals surface area contributed by atoms with Crippen molar-refractivity contribution in [3.63, 3.8) is 0 Å². The minimum atomic E-state index is -2.33. The Morgan fingerprint density at radius 1 is 1.29 bits per heavy atom. The predicted octanol–water partition coefficient (Wildman–Crippen LogP) is -8.82. The van der Waals surface area contributed by atoms with Gasteiger partial charge in [-0.25, -0.2) is 0 Å². The first-order valence-electron chi connectivity index (χ1n) is 0.612. The Hall–Kier alpha value is 1.82. The Kier molecular flexibility index (Phi) is 51.9. The van der Waals surface area contributed by atoms with E-state index in [-0.39, 0.29) is 79.7 Å². The number of hydrogen-bond acceptors (Lipinski definition) is 3. The van der Waals surface area contributed by atoms with Gasteiger partial charge in [0.2, 0.25) is 0 Å². The molecule has 0 atom stereocenters. The number of hydrogen-bond donors (Lipinski definition) is 0. The SMILES string of the molecule is O=C([O-])[O-].[Ca+2].[Cl-].[Na+]. The van der Waals surface area contributed by atoms with Crippen molar-refractivity contribution in [3.8, 4) is 0 Å². The van der Waals surface area contributed by atoms with Crippen molar-refractivity contribution >= 4 is 43.9 Å². The van der Waals surface area contributed by atoms with Gasteiger partial charge < -0.3 is 27.4 Å². The van der Waals surface area contributed by atoms with Gasteiger partial charge in [-0.05, 0) is 6.16 Å². The smallest absolute Gasteiger partial charge is 1.00 e. The fourth-order valence-corrected chi connectivity index (χ4v) is 0. The number of carbonyl (C=O) groups is 1. The van der Waals surface area contributed by atoms with Gasteiger partial charge in [0.15, 0.2) is 0 Å². The first-order valence-corrected chi connectivity index (χ1v) is 0.612. The standard InChI is InChI=1S/CH2O3.Ca.ClH.Na/c2-1(3)4;;;/h(H2,2,3,4);;1H;/q;+2;;+1/p-3. The summed E-state index contributed by atoms with van der Waals surface area (Å²) in [6.45, 7) is 0. The fraction of sp³-hybridized carbons (Fsp3) is 0. The molecule has 6 heteroatoms. The van der Waals surface area contributed by atoms with Gasteiger partial charge in [0.25, 0.3) is 0 Å². The molecule has 0 aliphatic carbocycles. The maximum atomic E-state index is 8.33. The molecule has 7 heavy (non-hydrogen) atoms. The van der Waals surface area contributed by atoms with Gasteiger partial charge in [-0.1, -0.05) is 0 Å². The number of carboxylic acid groups (broad SMARTS) is 2. The van der Waals surface area contributed by atoms with Crippen molar-refractivity contribution in [2.24, 2.45) is 0 Å². The summed E-state index contributed by atoms with van der Waals surface area (Å²) in [6, 6.07) is 0. The molecule has 0 N–H and O–H groups in total. The summed E-state index contributed by atoms with van der Waals surface area (Å²) in [5.41, 5.74) is 0. The molecule has 0 unspecified atom stereocenters. The van der Waals surface area contributed by atoms with Crippen LogP contribution in [0.2, 0.25) is 0 Å². The van der Waals surface area contributed by atoms with Crippen molar-refractivity contribution in [3.05, 3.63) is 0 Å². The maximum absolute atomic E-state index is 8.33. The first kappa shape index (κ1) is 23.2. The summed E-state index contributed by atoms with van der Waals surface area (Å²) < 4.78 is 0. The molecule has 0 fully saturated rings. The van der Waals surface area contributed by atoms with Crippen LogP contribution >= 0.6 is 0 Å². The van der Waals surface area contributed by atoms with Crippen LogP contribution in [0.15, 0.2) is 0 Å². The van der Waals surface area contributed by atoms with Crippen molar-refractivity contribution in [1.29, 1.82) is 0 Å². The molecule has 0 amide bonds. The molecule has 0 heterocycles. The third kappa shape index (κ3) is 80.0. The van der Waals surface area contributed by atoms with E-state index in [1.54, 1.807) is 0 Å². The summed E-state index contributed by atoms with van der Waals surface area (Å²) in [5, 5.41) is 16.7. The van der Waals surface area contributed by atoms with Gasteiger partial charge in [-0.2, -0.15) is 0 Å². The molecule has 3 nitrogen and oxygen atoms in total. The number of carbonyl (C=O) groups excluding carboxylic acids is 1. The zero-order chi connectivity index (χ0) is 3.58. The second-order valence-electron chi connectivity index (χ2n) is 0.250. The maximum Gasteiger partial charge on any atom is 2.00 e. The van der Waals surface area contributed by atoms with Crippen LogP contribution in [-0.2, 0) is 0 Å². The van der Waals surface area contributed by atoms with Gasteiger partial charge in [-0.3, -0.25) is 0 Å². The van der Waals surface area contributed by atoms with Crippen molar-refractivity contribution in [1.82, 2.24) is 0 Å². The number of rotatable bonds is 0. The molecule has 0 saturated carbocycles. The van der Waals surface area contributed by atoms with E-state index in [4.69, 9.17) is 15.0 Å². The summed E-state index contributed by atoms with van der Waals surface area (Å²) >= 11 is 0. The zero-order valence-electron chi connectivity index (χ0n) is 3.81. The third-order valence-electron chi connectivity index (χ3n) is 0. The Labute approximate surface area is 99.2 Å². The Bertz CT molecular complexity index is 37.9. The minimum absolute atomic E-state index is 0. The van der Waals surface area contributed by atoms with Crippen LogP contribution in [0.3, 0.4) is 0 Å². The van der Waals surface area contributed by atoms with Crippen LogP contribution in [0.4, 0.5) is 4.79 Å². The topological polar surface area (TPSA) is 63.2 Å². The second kappa shape index (κ2) is 15.7. The average molecular weight is 159 g/mol. The Morgan fingerprint density at radius 2 is 1.29 bits per heavy atom. The molecule has 0 spiro atoms. The van der Waals surface area contributed by atoms with Crippen LogP contribution in [0, 0.1) is 0 Å². The van der Waals surface area contributed by atoms with Crippen LogP contribution in [0.1, 0.15) is 0 Å². The predicted molar refractivity (Wildman–Crippen MR) is 11.1 cm³/mol. The molecule has 0 aromatic heterocycles. The van der Waals surface area contributed by atoms with Crippen molar-refractivity contribution in [2.45, 2.75) is 0 Å². The summed E-state index contributed by atoms with van der Waals surface area (Å²) in [5.74, 6) is 0. The van der Waals surface area contributed by atoms with Crippen LogP contribution in [-0.4, -0.2) is 43.9 Å². The summed E-state index contributed by atoms with van der Waals surface area (Å²) in [7, 11) is 0. The first-order chi connectivity index (χ1) is 1.73. The monoisotopic (exact) mass is 158 g/mol. The van der Waals surface area contributed by atoms with Crippen molar-refractivity contribution < 1.29 is 57.0 Å². The molecule has 0 aromatic carbocycles. The Balaban J connectivity index is -0.0000000150. The second-order valence-corrected chi connectivity index (χ2v) is 0.250. The van der Waals surface area contributed by atoms with Crippen LogP contribution in [0.5, 0.6) is 0 Å². The molecule has 0 radical (unpaired) electrons. The van der Waals surface area contributed by atoms with Crippen LogP contribution in [0.25, 0.3) is 0 Å². The largest absolute Gasteiger partial charge is 2.00 e. The van der Waals surface area contributed by atoms with Gasteiger partial charge in [0.05, 0.1) is 0 Å². The van der Waals surface area contributed by atoms with Crippen molar-refractivity contribution in [2.75, 3.05) is 0 Å². The molecule has 32 valence electrons. The molecule has 0 saturated heterocycles. The molecular formula is CCaClNaO3. The van der Waals surface area contributed by atoms with Gasteiger partial charge in [-0.15, -0.1) is 0 Å². The van der Waals surface area contributed by atoms with Gasteiger partial charge >= 0.3 is 67.3 Å². The molecule has 0 rings (SSSR count). The number of halogens is 1. The molecule has 0 aromatic rings. The third-order valence-corrected chi connectivity index (χ3v) is 0. The average Bonchev–Trinajstić information content (AvgIpc) is 0.811. The van der Waals surface area contributed by atoms with E-state index in [2.05, 4.69) is 0 Å². The molecule has 0 aliphatic rings. The molecule has 0 aliphatic heterocycles. The van der Waals surface area contributed by atoms with Gasteiger partial charge in [0, 0.05) is 0 Å². The molecular weight excluding hydrogens is 159 g/mol. The summed E-state index contributed by atoms with van der Waals surface area (Å²) in [4.78, 5) is 8.33. The summed E-state index contributed by atoms with van der Waals surface area (Å²) in [6.07, 6.45) is -2.33. The minimum Gasteiger partial charge on any atom is -1.00 e. The van der Waals surface area contributed by atoms with E-state index in [1.807, 2.05) is 0 Å². The van der Waals surface area contributed by atoms with E-state index >= 15 is 0 Å². The van der Waals surface area contributed by atoms with E-state index in [0.717, 1.165) is 0 Å². The molecule has 0 bridgehead atoms. The van der Waals surface area contributed by atoms with E-state index < -0.39 is 6.16 Å².